The van der Waals surface area contributed by atoms with Crippen molar-refractivity contribution in [2.75, 3.05) is 36.9 Å². The third-order valence-electron chi connectivity index (χ3n) is 6.41. The summed E-state index contributed by atoms with van der Waals surface area (Å²) in [5.74, 6) is 1.51. The number of nitrogen functional groups attached to an aromatic ring is 1. The Balaban J connectivity index is 1.30. The van der Waals surface area contributed by atoms with Gasteiger partial charge in [-0.2, -0.15) is 9.61 Å². The van der Waals surface area contributed by atoms with Gasteiger partial charge in [0, 0.05) is 41.8 Å². The van der Waals surface area contributed by atoms with Gasteiger partial charge in [-0.1, -0.05) is 30.3 Å². The van der Waals surface area contributed by atoms with Crippen LogP contribution >= 0.6 is 27.7 Å². The van der Waals surface area contributed by atoms with Gasteiger partial charge in [0.15, 0.2) is 5.65 Å². The molecule has 1 saturated heterocycles. The molecule has 34 heavy (non-hydrogen) atoms. The Labute approximate surface area is 213 Å². The molecule has 3 heterocycles. The first-order valence-corrected chi connectivity index (χ1v) is 13.6. The second kappa shape index (κ2) is 10.4. The van der Waals surface area contributed by atoms with Gasteiger partial charge < -0.3 is 11.1 Å². The highest BCUT2D eigenvalue weighted by molar-refractivity contribution is 9.10. The lowest BCUT2D eigenvalue weighted by Gasteiger charge is -2.33. The Hall–Kier alpha value is -2.55. The summed E-state index contributed by atoms with van der Waals surface area (Å²) in [6, 6.07) is 18.8. The van der Waals surface area contributed by atoms with Crippen LogP contribution in [0.3, 0.4) is 0 Å². The second-order valence-electron chi connectivity index (χ2n) is 8.81. The minimum atomic E-state index is 0.576. The molecule has 0 amide bonds. The monoisotopic (exact) mass is 536 g/mol. The molecule has 0 saturated carbocycles. The molecule has 1 unspecified atom stereocenters. The summed E-state index contributed by atoms with van der Waals surface area (Å²) in [6.07, 6.45) is 6.36. The topological polar surface area (TPSA) is 71.5 Å². The Kier molecular flexibility index (Phi) is 7.08. The predicted octanol–water partition coefficient (Wildman–Crippen LogP) is 5.79. The first kappa shape index (κ1) is 23.2. The van der Waals surface area contributed by atoms with Gasteiger partial charge in [0.2, 0.25) is 0 Å². The van der Waals surface area contributed by atoms with Crippen LogP contribution in [0, 0.1) is 5.92 Å². The molecule has 176 valence electrons. The number of hydrogen-bond acceptors (Lipinski definition) is 6. The zero-order valence-electron chi connectivity index (χ0n) is 19.2. The summed E-state index contributed by atoms with van der Waals surface area (Å²) >= 11 is 5.38. The largest absolute Gasteiger partial charge is 0.398 e. The van der Waals surface area contributed by atoms with Crippen molar-refractivity contribution in [3.8, 4) is 11.3 Å². The van der Waals surface area contributed by atoms with Crippen molar-refractivity contribution in [1.82, 2.24) is 19.5 Å². The van der Waals surface area contributed by atoms with E-state index in [0.717, 1.165) is 59.1 Å². The van der Waals surface area contributed by atoms with Crippen molar-refractivity contribution in [2.24, 2.45) is 5.92 Å². The summed E-state index contributed by atoms with van der Waals surface area (Å²) in [5, 5.41) is 8.19. The molecular formula is C26H29BrN6S. The molecule has 1 aliphatic heterocycles. The van der Waals surface area contributed by atoms with Crippen molar-refractivity contribution in [2.45, 2.75) is 24.3 Å². The van der Waals surface area contributed by atoms with E-state index in [2.05, 4.69) is 61.8 Å². The van der Waals surface area contributed by atoms with E-state index in [-0.39, 0.29) is 0 Å². The number of rotatable bonds is 7. The average molecular weight is 538 g/mol. The number of likely N-dealkylation sites (tertiary alicyclic amines) is 1. The third-order valence-corrected chi connectivity index (χ3v) is 7.71. The molecule has 0 aliphatic carbocycles. The quantitative estimate of drug-likeness (QED) is 0.230. The minimum absolute atomic E-state index is 0.576. The minimum Gasteiger partial charge on any atom is -0.398 e. The predicted molar refractivity (Wildman–Crippen MR) is 145 cm³/mol. The molecule has 5 rings (SSSR count). The van der Waals surface area contributed by atoms with Gasteiger partial charge in [-0.15, -0.1) is 11.8 Å². The lowest BCUT2D eigenvalue weighted by Crippen LogP contribution is -2.37. The molecule has 2 aromatic carbocycles. The molecule has 8 heteroatoms. The van der Waals surface area contributed by atoms with Gasteiger partial charge >= 0.3 is 0 Å². The summed E-state index contributed by atoms with van der Waals surface area (Å²) in [6.45, 7) is 4.15. The summed E-state index contributed by atoms with van der Waals surface area (Å²) in [4.78, 5) is 8.71. The summed E-state index contributed by atoms with van der Waals surface area (Å²) < 4.78 is 2.73. The van der Waals surface area contributed by atoms with Gasteiger partial charge in [0.05, 0.1) is 16.4 Å². The van der Waals surface area contributed by atoms with Crippen LogP contribution in [0.1, 0.15) is 18.4 Å². The number of nitrogens with zero attached hydrogens (tertiary/aromatic N) is 4. The van der Waals surface area contributed by atoms with Crippen molar-refractivity contribution in [1.29, 1.82) is 0 Å². The van der Waals surface area contributed by atoms with Crippen LogP contribution in [0.4, 0.5) is 11.5 Å². The lowest BCUT2D eigenvalue weighted by atomic mass is 9.97. The number of halogens is 1. The Morgan fingerprint density at radius 2 is 2.00 bits per heavy atom. The fourth-order valence-corrected chi connectivity index (χ4v) is 5.39. The first-order valence-electron chi connectivity index (χ1n) is 11.6. The Morgan fingerprint density at radius 1 is 1.18 bits per heavy atom. The van der Waals surface area contributed by atoms with Gasteiger partial charge in [-0.25, -0.2) is 4.98 Å². The van der Waals surface area contributed by atoms with Crippen LogP contribution in [-0.2, 0) is 6.54 Å². The number of fused-ring (bicyclic) bond motifs is 1. The number of hydrogen-bond donors (Lipinski definition) is 2. The van der Waals surface area contributed by atoms with Crippen LogP contribution in [-0.4, -0.2) is 45.4 Å². The number of piperidine rings is 1. The second-order valence-corrected chi connectivity index (χ2v) is 10.5. The Bertz CT molecular complexity index is 1270. The normalized spacial score (nSPS) is 16.7. The lowest BCUT2D eigenvalue weighted by molar-refractivity contribution is 0.173. The average Bonchev–Trinajstić information content (AvgIpc) is 3.24. The standard InChI is InChI=1S/C26H29BrN6S/c1-34-20-10-8-18(9-11-20)16-32-12-4-5-19(17-32)14-29-25-13-24(21-6-2-3-7-23(21)28)31-26-22(27)15-30-33(25)26/h2-3,6-11,13,15,19,29H,4-5,12,14,16-17,28H2,1H3. The maximum atomic E-state index is 6.24. The number of para-hydroxylation sites is 1. The highest BCUT2D eigenvalue weighted by Crippen LogP contribution is 2.29. The zero-order chi connectivity index (χ0) is 23.5. The fourth-order valence-electron chi connectivity index (χ4n) is 4.63. The number of aromatic nitrogens is 3. The van der Waals surface area contributed by atoms with Crippen LogP contribution in [0.2, 0.25) is 0 Å². The Morgan fingerprint density at radius 3 is 2.79 bits per heavy atom. The number of nitrogens with one attached hydrogen (secondary N) is 1. The van der Waals surface area contributed by atoms with E-state index in [1.54, 1.807) is 18.0 Å². The number of thioether (sulfide) groups is 1. The maximum absolute atomic E-state index is 6.24. The molecule has 3 N–H and O–H groups in total. The molecule has 2 aromatic heterocycles. The van der Waals surface area contributed by atoms with Crippen LogP contribution in [0.5, 0.6) is 0 Å². The number of nitrogens with two attached hydrogens (primary N) is 1. The van der Waals surface area contributed by atoms with Crippen molar-refractivity contribution in [3.05, 3.63) is 70.8 Å². The maximum Gasteiger partial charge on any atom is 0.172 e. The molecular weight excluding hydrogens is 508 g/mol. The molecule has 4 aromatic rings. The van der Waals surface area contributed by atoms with Gasteiger partial charge in [0.1, 0.15) is 5.82 Å². The summed E-state index contributed by atoms with van der Waals surface area (Å²) in [5.41, 5.74) is 10.9. The smallest absolute Gasteiger partial charge is 0.172 e. The van der Waals surface area contributed by atoms with Crippen molar-refractivity contribution < 1.29 is 0 Å². The third kappa shape index (κ3) is 5.09. The fraction of sp³-hybridized carbons (Fsp3) is 0.308. The van der Waals surface area contributed by atoms with E-state index in [4.69, 9.17) is 10.7 Å². The van der Waals surface area contributed by atoms with Crippen LogP contribution in [0.15, 0.2) is 70.2 Å². The van der Waals surface area contributed by atoms with Gasteiger partial charge in [-0.3, -0.25) is 4.90 Å². The molecule has 6 nitrogen and oxygen atoms in total. The van der Waals surface area contributed by atoms with Crippen LogP contribution < -0.4 is 11.1 Å². The molecule has 1 aliphatic rings. The summed E-state index contributed by atoms with van der Waals surface area (Å²) in [7, 11) is 0. The van der Waals surface area contributed by atoms with Crippen molar-refractivity contribution in [3.63, 3.8) is 0 Å². The highest BCUT2D eigenvalue weighted by atomic mass is 79.9. The zero-order valence-corrected chi connectivity index (χ0v) is 21.6. The highest BCUT2D eigenvalue weighted by Gasteiger charge is 2.21. The van der Waals surface area contributed by atoms with E-state index >= 15 is 0 Å². The molecule has 1 fully saturated rings. The molecule has 0 spiro atoms. The number of anilines is 2. The van der Waals surface area contributed by atoms with E-state index in [9.17, 15) is 0 Å². The first-order chi connectivity index (χ1) is 16.6. The number of benzene rings is 2. The van der Waals surface area contributed by atoms with Gasteiger partial charge in [-0.05, 0) is 71.3 Å². The molecule has 1 atom stereocenters. The SMILES string of the molecule is CSc1ccc(CN2CCCC(CNc3cc(-c4ccccc4N)nc4c(Br)cnn34)C2)cc1. The van der Waals surface area contributed by atoms with E-state index < -0.39 is 0 Å². The van der Waals surface area contributed by atoms with Crippen molar-refractivity contribution >= 4 is 44.8 Å². The van der Waals surface area contributed by atoms with E-state index in [1.165, 1.54) is 23.3 Å². The van der Waals surface area contributed by atoms with E-state index in [1.807, 2.05) is 34.8 Å². The van der Waals surface area contributed by atoms with Gasteiger partial charge in [0.25, 0.3) is 0 Å². The molecule has 0 radical (unpaired) electrons. The molecule has 0 bridgehead atoms. The van der Waals surface area contributed by atoms with E-state index in [0.29, 0.717) is 5.92 Å². The van der Waals surface area contributed by atoms with Crippen LogP contribution in [0.25, 0.3) is 16.9 Å².